The Morgan fingerprint density at radius 1 is 1.08 bits per heavy atom. The van der Waals surface area contributed by atoms with Gasteiger partial charge in [-0.1, -0.05) is 23.8 Å². The van der Waals surface area contributed by atoms with Crippen molar-refractivity contribution in [2.45, 2.75) is 20.8 Å². The van der Waals surface area contributed by atoms with Crippen LogP contribution in [-0.4, -0.2) is 30.6 Å². The number of ketones is 1. The number of hydrogen-bond donors (Lipinski definition) is 1. The number of phenols is 1. The first-order valence-electron chi connectivity index (χ1n) is 8.14. The number of ether oxygens (including phenoxy) is 2. The molecule has 2 aromatic carbocycles. The van der Waals surface area contributed by atoms with Crippen LogP contribution in [0.25, 0.3) is 6.08 Å². The van der Waals surface area contributed by atoms with Gasteiger partial charge >= 0.3 is 5.97 Å². The van der Waals surface area contributed by atoms with E-state index >= 15 is 0 Å². The Morgan fingerprint density at radius 2 is 1.73 bits per heavy atom. The van der Waals surface area contributed by atoms with Crippen LogP contribution in [-0.2, 0) is 9.53 Å². The normalized spacial score (nSPS) is 10.8. The Bertz CT molecular complexity index is 842. The molecule has 0 saturated heterocycles. The third-order valence-corrected chi connectivity index (χ3v) is 3.92. The van der Waals surface area contributed by atoms with Gasteiger partial charge in [-0.2, -0.15) is 0 Å². The molecule has 0 amide bonds. The van der Waals surface area contributed by atoms with Gasteiger partial charge in [-0.05, 0) is 55.7 Å². The summed E-state index contributed by atoms with van der Waals surface area (Å²) in [6.07, 6.45) is 2.76. The van der Waals surface area contributed by atoms with Gasteiger partial charge in [0.05, 0.1) is 7.11 Å². The highest BCUT2D eigenvalue weighted by molar-refractivity contribution is 6.01. The van der Waals surface area contributed by atoms with E-state index in [1.54, 1.807) is 12.1 Å². The summed E-state index contributed by atoms with van der Waals surface area (Å²) in [7, 11) is 1.44. The molecular weight excluding hydrogens is 332 g/mol. The van der Waals surface area contributed by atoms with Crippen LogP contribution >= 0.6 is 0 Å². The molecule has 5 nitrogen and oxygen atoms in total. The lowest BCUT2D eigenvalue weighted by molar-refractivity contribution is -0.136. The molecular formula is C21H22O5. The number of phenolic OH excluding ortho intramolecular Hbond substituents is 1. The number of benzene rings is 2. The van der Waals surface area contributed by atoms with E-state index < -0.39 is 5.97 Å². The number of carbonyl (C=O) groups excluding carboxylic acids is 2. The quantitative estimate of drug-likeness (QED) is 0.486. The van der Waals surface area contributed by atoms with E-state index in [1.165, 1.54) is 25.3 Å². The lowest BCUT2D eigenvalue weighted by Gasteiger charge is -2.10. The standard InChI is InChI=1S/C21H22O5/c1-13-9-14(2)21(15(3)10-13)18(23)12-26-20(24)8-6-16-5-7-17(22)19(11-16)25-4/h5-11,22H,12H2,1-4H3/b8-6+. The van der Waals surface area contributed by atoms with Crippen LogP contribution in [0.3, 0.4) is 0 Å². The number of aromatic hydroxyl groups is 1. The van der Waals surface area contributed by atoms with Gasteiger partial charge in [-0.3, -0.25) is 4.79 Å². The lowest BCUT2D eigenvalue weighted by atomic mass is 9.97. The van der Waals surface area contributed by atoms with Crippen LogP contribution in [0.2, 0.25) is 0 Å². The van der Waals surface area contributed by atoms with Crippen molar-refractivity contribution in [1.82, 2.24) is 0 Å². The third-order valence-electron chi connectivity index (χ3n) is 3.92. The molecule has 0 aliphatic rings. The van der Waals surface area contributed by atoms with Crippen molar-refractivity contribution in [1.29, 1.82) is 0 Å². The molecule has 1 N–H and O–H groups in total. The Kier molecular flexibility index (Phi) is 6.17. The average Bonchev–Trinajstić information content (AvgIpc) is 2.58. The molecule has 0 aromatic heterocycles. The minimum atomic E-state index is -0.618. The second-order valence-electron chi connectivity index (χ2n) is 6.07. The minimum Gasteiger partial charge on any atom is -0.504 e. The van der Waals surface area contributed by atoms with Crippen LogP contribution < -0.4 is 4.74 Å². The molecule has 0 radical (unpaired) electrons. The van der Waals surface area contributed by atoms with Gasteiger partial charge in [0.2, 0.25) is 5.78 Å². The molecule has 0 bridgehead atoms. The second-order valence-corrected chi connectivity index (χ2v) is 6.07. The number of esters is 1. The predicted molar refractivity (Wildman–Crippen MR) is 99.6 cm³/mol. The summed E-state index contributed by atoms with van der Waals surface area (Å²) >= 11 is 0. The van der Waals surface area contributed by atoms with Gasteiger partial charge in [-0.15, -0.1) is 0 Å². The fourth-order valence-corrected chi connectivity index (χ4v) is 2.84. The molecule has 0 unspecified atom stereocenters. The van der Waals surface area contributed by atoms with Crippen LogP contribution in [0, 0.1) is 20.8 Å². The van der Waals surface area contributed by atoms with Gasteiger partial charge < -0.3 is 14.6 Å². The summed E-state index contributed by atoms with van der Waals surface area (Å²) in [6, 6.07) is 8.55. The van der Waals surface area contributed by atoms with Gasteiger partial charge in [0.15, 0.2) is 18.1 Å². The van der Waals surface area contributed by atoms with Crippen molar-refractivity contribution in [2.24, 2.45) is 0 Å². The largest absolute Gasteiger partial charge is 0.504 e. The highest BCUT2D eigenvalue weighted by Crippen LogP contribution is 2.26. The molecule has 136 valence electrons. The monoisotopic (exact) mass is 354 g/mol. The minimum absolute atomic E-state index is 0.0154. The van der Waals surface area contributed by atoms with E-state index in [9.17, 15) is 14.7 Å². The molecule has 0 spiro atoms. The van der Waals surface area contributed by atoms with Crippen molar-refractivity contribution in [3.8, 4) is 11.5 Å². The molecule has 26 heavy (non-hydrogen) atoms. The van der Waals surface area contributed by atoms with E-state index in [-0.39, 0.29) is 18.1 Å². The molecule has 0 aliphatic carbocycles. The zero-order valence-electron chi connectivity index (χ0n) is 15.3. The maximum atomic E-state index is 12.4. The fraction of sp³-hybridized carbons (Fsp3) is 0.238. The summed E-state index contributed by atoms with van der Waals surface area (Å²) in [6.45, 7) is 5.39. The van der Waals surface area contributed by atoms with E-state index in [1.807, 2.05) is 32.9 Å². The van der Waals surface area contributed by atoms with Crippen LogP contribution in [0.5, 0.6) is 11.5 Å². The first-order chi connectivity index (χ1) is 12.3. The summed E-state index contributed by atoms with van der Waals surface area (Å²) in [5.41, 5.74) is 4.08. The molecule has 2 aromatic rings. The Labute approximate surface area is 152 Å². The van der Waals surface area contributed by atoms with Crippen molar-refractivity contribution >= 4 is 17.8 Å². The van der Waals surface area contributed by atoms with E-state index in [0.717, 1.165) is 16.7 Å². The number of hydrogen-bond acceptors (Lipinski definition) is 5. The highest BCUT2D eigenvalue weighted by Gasteiger charge is 2.14. The number of methoxy groups -OCH3 is 1. The average molecular weight is 354 g/mol. The fourth-order valence-electron chi connectivity index (χ4n) is 2.84. The topological polar surface area (TPSA) is 72.8 Å². The van der Waals surface area contributed by atoms with Crippen molar-refractivity contribution < 1.29 is 24.2 Å². The Balaban J connectivity index is 2.00. The van der Waals surface area contributed by atoms with E-state index in [0.29, 0.717) is 16.9 Å². The third kappa shape index (κ3) is 4.72. The first kappa shape index (κ1) is 19.2. The lowest BCUT2D eigenvalue weighted by Crippen LogP contribution is -2.15. The second kappa shape index (κ2) is 8.34. The maximum Gasteiger partial charge on any atom is 0.331 e. The SMILES string of the molecule is COc1cc(/C=C/C(=O)OCC(=O)c2c(C)cc(C)cc2C)ccc1O. The molecule has 0 atom stereocenters. The first-order valence-corrected chi connectivity index (χ1v) is 8.14. The molecule has 0 heterocycles. The van der Waals surface area contributed by atoms with Gasteiger partial charge in [0.25, 0.3) is 0 Å². The molecule has 0 fully saturated rings. The number of carbonyl (C=O) groups is 2. The number of aryl methyl sites for hydroxylation is 3. The van der Waals surface area contributed by atoms with E-state index in [4.69, 9.17) is 9.47 Å². The van der Waals surface area contributed by atoms with E-state index in [2.05, 4.69) is 0 Å². The van der Waals surface area contributed by atoms with Crippen LogP contribution in [0.15, 0.2) is 36.4 Å². The Hall–Kier alpha value is -3.08. The summed E-state index contributed by atoms with van der Waals surface area (Å²) in [4.78, 5) is 24.2. The number of Topliss-reactive ketones (excluding diaryl/α,β-unsaturated/α-hetero) is 1. The zero-order valence-corrected chi connectivity index (χ0v) is 15.3. The smallest absolute Gasteiger partial charge is 0.331 e. The predicted octanol–water partition coefficient (Wildman–Crippen LogP) is 3.77. The Morgan fingerprint density at radius 3 is 2.35 bits per heavy atom. The summed E-state index contributed by atoms with van der Waals surface area (Å²) in [5, 5.41) is 9.55. The molecule has 5 heteroatoms. The molecule has 0 saturated carbocycles. The van der Waals surface area contributed by atoms with Gasteiger partial charge in [-0.25, -0.2) is 4.79 Å². The van der Waals surface area contributed by atoms with Crippen molar-refractivity contribution in [3.63, 3.8) is 0 Å². The summed E-state index contributed by atoms with van der Waals surface area (Å²) in [5.74, 6) is -0.525. The van der Waals surface area contributed by atoms with Crippen molar-refractivity contribution in [3.05, 3.63) is 64.2 Å². The number of rotatable bonds is 6. The van der Waals surface area contributed by atoms with Crippen molar-refractivity contribution in [2.75, 3.05) is 13.7 Å². The van der Waals surface area contributed by atoms with Crippen LogP contribution in [0.1, 0.15) is 32.6 Å². The zero-order chi connectivity index (χ0) is 19.3. The van der Waals surface area contributed by atoms with Gasteiger partial charge in [0.1, 0.15) is 0 Å². The molecule has 2 rings (SSSR count). The van der Waals surface area contributed by atoms with Crippen LogP contribution in [0.4, 0.5) is 0 Å². The highest BCUT2D eigenvalue weighted by atomic mass is 16.5. The molecule has 0 aliphatic heterocycles. The summed E-state index contributed by atoms with van der Waals surface area (Å²) < 4.78 is 10.1. The maximum absolute atomic E-state index is 12.4. The van der Waals surface area contributed by atoms with Gasteiger partial charge in [0, 0.05) is 11.6 Å².